The second-order valence-electron chi connectivity index (χ2n) is 4.22. The molecule has 2 N–H and O–H groups in total. The molecule has 0 unspecified atom stereocenters. The molecular weight excluding hydrogens is 164 g/mol. The van der Waals surface area contributed by atoms with Crippen molar-refractivity contribution in [3.05, 3.63) is 0 Å². The summed E-state index contributed by atoms with van der Waals surface area (Å²) in [4.78, 5) is 13.9. The third-order valence-corrected chi connectivity index (χ3v) is 3.46. The van der Waals surface area contributed by atoms with E-state index in [0.29, 0.717) is 12.1 Å². The molecular formula is C10H18N2O. The van der Waals surface area contributed by atoms with E-state index in [1.807, 2.05) is 6.92 Å². The monoisotopic (exact) mass is 182 g/mol. The van der Waals surface area contributed by atoms with Gasteiger partial charge in [-0.1, -0.05) is 6.92 Å². The maximum atomic E-state index is 11.8. The number of hydrogen-bond donors (Lipinski definition) is 1. The first-order valence-electron chi connectivity index (χ1n) is 5.31. The van der Waals surface area contributed by atoms with E-state index in [4.69, 9.17) is 5.73 Å². The number of amides is 1. The Hall–Kier alpha value is -0.570. The Kier molecular flexibility index (Phi) is 2.28. The van der Waals surface area contributed by atoms with Gasteiger partial charge in [-0.05, 0) is 32.1 Å². The molecule has 1 atom stereocenters. The average Bonchev–Trinajstić information content (AvgIpc) is 2.74. The van der Waals surface area contributed by atoms with Gasteiger partial charge in [0.15, 0.2) is 0 Å². The van der Waals surface area contributed by atoms with Crippen molar-refractivity contribution >= 4 is 5.91 Å². The maximum absolute atomic E-state index is 11.8. The summed E-state index contributed by atoms with van der Waals surface area (Å²) in [7, 11) is 0. The molecule has 2 bridgehead atoms. The van der Waals surface area contributed by atoms with E-state index in [0.717, 1.165) is 6.42 Å². The summed E-state index contributed by atoms with van der Waals surface area (Å²) < 4.78 is 0. The molecule has 0 radical (unpaired) electrons. The molecule has 2 saturated heterocycles. The number of carbonyl (C=O) groups excluding carboxylic acids is 1. The van der Waals surface area contributed by atoms with Crippen LogP contribution in [0, 0.1) is 0 Å². The number of carbonyl (C=O) groups is 1. The van der Waals surface area contributed by atoms with Crippen LogP contribution in [-0.2, 0) is 4.79 Å². The number of nitrogens with zero attached hydrogens (tertiary/aromatic N) is 1. The molecule has 0 spiro atoms. The Morgan fingerprint density at radius 1 is 1.38 bits per heavy atom. The Morgan fingerprint density at radius 3 is 2.23 bits per heavy atom. The number of nitrogens with two attached hydrogens (primary N) is 1. The Balaban J connectivity index is 2.05. The van der Waals surface area contributed by atoms with Crippen LogP contribution in [0.3, 0.4) is 0 Å². The largest absolute Gasteiger partial charge is 0.335 e. The summed E-state index contributed by atoms with van der Waals surface area (Å²) >= 11 is 0. The second-order valence-corrected chi connectivity index (χ2v) is 4.22. The van der Waals surface area contributed by atoms with Crippen LogP contribution in [0.5, 0.6) is 0 Å². The van der Waals surface area contributed by atoms with Gasteiger partial charge in [-0.2, -0.15) is 0 Å². The van der Waals surface area contributed by atoms with Crippen molar-refractivity contribution in [3.8, 4) is 0 Å². The van der Waals surface area contributed by atoms with Crippen molar-refractivity contribution in [1.29, 1.82) is 0 Å². The zero-order chi connectivity index (χ0) is 9.42. The third-order valence-electron chi connectivity index (χ3n) is 3.46. The topological polar surface area (TPSA) is 46.3 Å². The smallest absolute Gasteiger partial charge is 0.239 e. The first-order valence-corrected chi connectivity index (χ1v) is 5.31. The van der Waals surface area contributed by atoms with Gasteiger partial charge in [-0.3, -0.25) is 4.79 Å². The Bertz CT molecular complexity index is 197. The molecule has 0 aromatic heterocycles. The standard InChI is InChI=1S/C10H18N2O/c1-2-9(11)10(13)12-7-3-4-8(12)6-5-7/h7-9H,2-6,11H2,1H3/t7?,8?,9-/m0/s1. The fourth-order valence-corrected chi connectivity index (χ4v) is 2.64. The normalized spacial score (nSPS) is 33.8. The summed E-state index contributed by atoms with van der Waals surface area (Å²) in [5.74, 6) is 0.188. The molecule has 2 aliphatic heterocycles. The highest BCUT2D eigenvalue weighted by molar-refractivity contribution is 5.82. The summed E-state index contributed by atoms with van der Waals surface area (Å²) in [6.07, 6.45) is 5.56. The average molecular weight is 182 g/mol. The van der Waals surface area contributed by atoms with Gasteiger partial charge in [0.25, 0.3) is 0 Å². The van der Waals surface area contributed by atoms with Crippen molar-refractivity contribution in [2.24, 2.45) is 5.73 Å². The van der Waals surface area contributed by atoms with E-state index in [9.17, 15) is 4.79 Å². The van der Waals surface area contributed by atoms with Crippen LogP contribution in [0.2, 0.25) is 0 Å². The fraction of sp³-hybridized carbons (Fsp3) is 0.900. The molecule has 0 aliphatic carbocycles. The van der Waals surface area contributed by atoms with Crippen LogP contribution in [0.4, 0.5) is 0 Å². The summed E-state index contributed by atoms with van der Waals surface area (Å²) in [5.41, 5.74) is 5.76. The maximum Gasteiger partial charge on any atom is 0.239 e. The predicted molar refractivity (Wildman–Crippen MR) is 51.2 cm³/mol. The first-order chi connectivity index (χ1) is 6.24. The lowest BCUT2D eigenvalue weighted by Gasteiger charge is -2.24. The molecule has 0 aromatic carbocycles. The van der Waals surface area contributed by atoms with Gasteiger partial charge < -0.3 is 10.6 Å². The van der Waals surface area contributed by atoms with E-state index >= 15 is 0 Å². The minimum atomic E-state index is -0.263. The molecule has 1 amide bonds. The van der Waals surface area contributed by atoms with Gasteiger partial charge in [0.05, 0.1) is 6.04 Å². The Morgan fingerprint density at radius 2 is 1.85 bits per heavy atom. The number of rotatable bonds is 2. The van der Waals surface area contributed by atoms with Crippen molar-refractivity contribution in [2.45, 2.75) is 57.2 Å². The molecule has 0 aromatic rings. The molecule has 13 heavy (non-hydrogen) atoms. The highest BCUT2D eigenvalue weighted by Crippen LogP contribution is 2.37. The first kappa shape index (κ1) is 9.00. The van der Waals surface area contributed by atoms with E-state index in [2.05, 4.69) is 4.90 Å². The summed E-state index contributed by atoms with van der Waals surface area (Å²) in [6, 6.07) is 0.784. The fourth-order valence-electron chi connectivity index (χ4n) is 2.64. The lowest BCUT2D eigenvalue weighted by molar-refractivity contribution is -0.133. The quantitative estimate of drug-likeness (QED) is 0.689. The molecule has 2 fully saturated rings. The predicted octanol–water partition coefficient (Wildman–Crippen LogP) is 0.877. The van der Waals surface area contributed by atoms with Gasteiger partial charge in [0.2, 0.25) is 5.91 Å². The highest BCUT2D eigenvalue weighted by atomic mass is 16.2. The molecule has 0 saturated carbocycles. The lowest BCUT2D eigenvalue weighted by Crippen LogP contribution is -2.45. The molecule has 3 heteroatoms. The van der Waals surface area contributed by atoms with Crippen LogP contribution >= 0.6 is 0 Å². The summed E-state index contributed by atoms with van der Waals surface area (Å²) in [5, 5.41) is 0. The molecule has 3 nitrogen and oxygen atoms in total. The molecule has 2 rings (SSSR count). The SMILES string of the molecule is CC[C@H](N)C(=O)N1C2CCC1CC2. The van der Waals surface area contributed by atoms with Crippen LogP contribution in [0.1, 0.15) is 39.0 Å². The Labute approximate surface area is 79.3 Å². The van der Waals surface area contributed by atoms with E-state index < -0.39 is 0 Å². The van der Waals surface area contributed by atoms with Gasteiger partial charge in [0, 0.05) is 12.1 Å². The van der Waals surface area contributed by atoms with E-state index in [1.165, 1.54) is 25.7 Å². The minimum Gasteiger partial charge on any atom is -0.335 e. The van der Waals surface area contributed by atoms with Crippen molar-refractivity contribution in [1.82, 2.24) is 4.90 Å². The van der Waals surface area contributed by atoms with Crippen LogP contribution in [0.15, 0.2) is 0 Å². The van der Waals surface area contributed by atoms with Gasteiger partial charge in [-0.15, -0.1) is 0 Å². The lowest BCUT2D eigenvalue weighted by atomic mass is 10.0. The van der Waals surface area contributed by atoms with Crippen LogP contribution < -0.4 is 5.73 Å². The number of fused-ring (bicyclic) bond motifs is 2. The van der Waals surface area contributed by atoms with Crippen molar-refractivity contribution < 1.29 is 4.79 Å². The van der Waals surface area contributed by atoms with Gasteiger partial charge in [-0.25, -0.2) is 0 Å². The molecule has 2 aliphatic rings. The zero-order valence-corrected chi connectivity index (χ0v) is 8.20. The minimum absolute atomic E-state index is 0.188. The van der Waals surface area contributed by atoms with Gasteiger partial charge in [0.1, 0.15) is 0 Å². The zero-order valence-electron chi connectivity index (χ0n) is 8.20. The van der Waals surface area contributed by atoms with Crippen molar-refractivity contribution in [3.63, 3.8) is 0 Å². The third kappa shape index (κ3) is 1.35. The van der Waals surface area contributed by atoms with Crippen LogP contribution in [0.25, 0.3) is 0 Å². The van der Waals surface area contributed by atoms with Crippen molar-refractivity contribution in [2.75, 3.05) is 0 Å². The van der Waals surface area contributed by atoms with Gasteiger partial charge >= 0.3 is 0 Å². The van der Waals surface area contributed by atoms with E-state index in [-0.39, 0.29) is 11.9 Å². The van der Waals surface area contributed by atoms with E-state index in [1.54, 1.807) is 0 Å². The second kappa shape index (κ2) is 3.29. The summed E-state index contributed by atoms with van der Waals surface area (Å²) in [6.45, 7) is 1.97. The highest BCUT2D eigenvalue weighted by Gasteiger charge is 2.42. The van der Waals surface area contributed by atoms with Crippen LogP contribution in [-0.4, -0.2) is 28.9 Å². The molecule has 74 valence electrons. The molecule has 2 heterocycles. The number of hydrogen-bond acceptors (Lipinski definition) is 2.